The van der Waals surface area contributed by atoms with Gasteiger partial charge in [0.2, 0.25) is 0 Å². The van der Waals surface area contributed by atoms with E-state index in [0.29, 0.717) is 12.0 Å². The Labute approximate surface area is 83.5 Å². The number of nitrogens with two attached hydrogens (primary N) is 1. The lowest BCUT2D eigenvalue weighted by atomic mass is 10.0. The molecule has 0 unspecified atom stereocenters. The molecule has 2 nitrogen and oxygen atoms in total. The molecular formula is C11H26N2. The van der Waals surface area contributed by atoms with E-state index in [0.717, 1.165) is 13.1 Å². The summed E-state index contributed by atoms with van der Waals surface area (Å²) >= 11 is 0. The van der Waals surface area contributed by atoms with Crippen molar-refractivity contribution in [2.45, 2.75) is 53.1 Å². The van der Waals surface area contributed by atoms with Crippen LogP contribution in [0.4, 0.5) is 0 Å². The number of hydrogen-bond acceptors (Lipinski definition) is 2. The largest absolute Gasteiger partial charge is 0.324 e. The van der Waals surface area contributed by atoms with Gasteiger partial charge in [0.05, 0.1) is 0 Å². The standard InChI is InChI=1S/C11H26N2/c1-9(2)7-13(10(3)4)8-11(5,6)12/h9-10H,7-8,12H2,1-6H3. The van der Waals surface area contributed by atoms with Gasteiger partial charge in [-0.05, 0) is 33.6 Å². The third-order valence-electron chi connectivity index (χ3n) is 1.94. The number of nitrogens with zero attached hydrogens (tertiary/aromatic N) is 1. The zero-order valence-electron chi connectivity index (χ0n) is 10.1. The van der Waals surface area contributed by atoms with Crippen LogP contribution in [0.5, 0.6) is 0 Å². The van der Waals surface area contributed by atoms with E-state index >= 15 is 0 Å². The molecule has 80 valence electrons. The van der Waals surface area contributed by atoms with Crippen LogP contribution in [0.25, 0.3) is 0 Å². The summed E-state index contributed by atoms with van der Waals surface area (Å²) < 4.78 is 0. The van der Waals surface area contributed by atoms with Gasteiger partial charge in [-0.1, -0.05) is 13.8 Å². The fraction of sp³-hybridized carbons (Fsp3) is 1.00. The molecule has 0 aromatic heterocycles. The molecule has 0 aliphatic heterocycles. The molecular weight excluding hydrogens is 160 g/mol. The van der Waals surface area contributed by atoms with Crippen molar-refractivity contribution in [3.8, 4) is 0 Å². The molecule has 0 saturated heterocycles. The van der Waals surface area contributed by atoms with Crippen LogP contribution in [0.1, 0.15) is 41.5 Å². The summed E-state index contributed by atoms with van der Waals surface area (Å²) in [5.74, 6) is 0.713. The number of hydrogen-bond donors (Lipinski definition) is 1. The van der Waals surface area contributed by atoms with Crippen LogP contribution in [0.3, 0.4) is 0 Å². The summed E-state index contributed by atoms with van der Waals surface area (Å²) in [7, 11) is 0. The summed E-state index contributed by atoms with van der Waals surface area (Å²) in [6, 6.07) is 0.588. The maximum absolute atomic E-state index is 6.01. The van der Waals surface area contributed by atoms with E-state index in [4.69, 9.17) is 5.73 Å². The molecule has 0 aromatic carbocycles. The first-order chi connectivity index (χ1) is 5.72. The van der Waals surface area contributed by atoms with E-state index in [1.807, 2.05) is 0 Å². The van der Waals surface area contributed by atoms with E-state index in [2.05, 4.69) is 46.4 Å². The second-order valence-corrected chi connectivity index (χ2v) is 5.41. The first-order valence-electron chi connectivity index (χ1n) is 5.25. The van der Waals surface area contributed by atoms with Crippen LogP contribution in [-0.4, -0.2) is 29.6 Å². The Morgan fingerprint density at radius 2 is 1.62 bits per heavy atom. The Balaban J connectivity index is 4.11. The highest BCUT2D eigenvalue weighted by molar-refractivity contribution is 4.79. The van der Waals surface area contributed by atoms with Gasteiger partial charge < -0.3 is 5.73 Å². The van der Waals surface area contributed by atoms with Gasteiger partial charge in [-0.15, -0.1) is 0 Å². The molecule has 0 saturated carbocycles. The van der Waals surface area contributed by atoms with E-state index in [1.54, 1.807) is 0 Å². The summed E-state index contributed by atoms with van der Waals surface area (Å²) in [4.78, 5) is 2.45. The SMILES string of the molecule is CC(C)CN(CC(C)(C)N)C(C)C. The quantitative estimate of drug-likeness (QED) is 0.712. The van der Waals surface area contributed by atoms with Crippen LogP contribution in [0.2, 0.25) is 0 Å². The fourth-order valence-corrected chi connectivity index (χ4v) is 1.45. The first-order valence-corrected chi connectivity index (χ1v) is 5.25. The number of rotatable bonds is 5. The molecule has 0 aliphatic rings. The molecule has 2 heteroatoms. The molecule has 0 bridgehead atoms. The summed E-state index contributed by atoms with van der Waals surface area (Å²) in [6.45, 7) is 15.2. The molecule has 13 heavy (non-hydrogen) atoms. The summed E-state index contributed by atoms with van der Waals surface area (Å²) in [6.07, 6.45) is 0. The van der Waals surface area contributed by atoms with E-state index < -0.39 is 0 Å². The lowest BCUT2D eigenvalue weighted by Crippen LogP contribution is -2.48. The van der Waals surface area contributed by atoms with Crippen molar-refractivity contribution < 1.29 is 0 Å². The van der Waals surface area contributed by atoms with Crippen molar-refractivity contribution in [2.24, 2.45) is 11.7 Å². The third kappa shape index (κ3) is 7.03. The fourth-order valence-electron chi connectivity index (χ4n) is 1.45. The van der Waals surface area contributed by atoms with Crippen LogP contribution >= 0.6 is 0 Å². The highest BCUT2D eigenvalue weighted by Gasteiger charge is 2.19. The van der Waals surface area contributed by atoms with Gasteiger partial charge >= 0.3 is 0 Å². The van der Waals surface area contributed by atoms with E-state index in [1.165, 1.54) is 0 Å². The molecule has 0 rings (SSSR count). The first kappa shape index (κ1) is 12.9. The third-order valence-corrected chi connectivity index (χ3v) is 1.94. The summed E-state index contributed by atoms with van der Waals surface area (Å²) in [5.41, 5.74) is 5.92. The van der Waals surface area contributed by atoms with Crippen molar-refractivity contribution >= 4 is 0 Å². The van der Waals surface area contributed by atoms with Crippen LogP contribution in [-0.2, 0) is 0 Å². The lowest BCUT2D eigenvalue weighted by molar-refractivity contribution is 0.164. The monoisotopic (exact) mass is 186 g/mol. The zero-order valence-corrected chi connectivity index (χ0v) is 10.1. The van der Waals surface area contributed by atoms with Gasteiger partial charge in [0.1, 0.15) is 0 Å². The zero-order chi connectivity index (χ0) is 10.6. The second-order valence-electron chi connectivity index (χ2n) is 5.41. The molecule has 0 aliphatic carbocycles. The smallest absolute Gasteiger partial charge is 0.0226 e. The van der Waals surface area contributed by atoms with Gasteiger partial charge in [-0.25, -0.2) is 0 Å². The van der Waals surface area contributed by atoms with E-state index in [-0.39, 0.29) is 5.54 Å². The molecule has 0 amide bonds. The minimum atomic E-state index is -0.0842. The van der Waals surface area contributed by atoms with Gasteiger partial charge in [-0.3, -0.25) is 4.90 Å². The highest BCUT2D eigenvalue weighted by atomic mass is 15.2. The Bertz CT molecular complexity index is 134. The van der Waals surface area contributed by atoms with Gasteiger partial charge in [0, 0.05) is 24.7 Å². The predicted octanol–water partition coefficient (Wildman–Crippen LogP) is 2.09. The average molecular weight is 186 g/mol. The van der Waals surface area contributed by atoms with Gasteiger partial charge in [0.15, 0.2) is 0 Å². The lowest BCUT2D eigenvalue weighted by Gasteiger charge is -2.34. The Morgan fingerprint density at radius 3 is 1.85 bits per heavy atom. The molecule has 0 radical (unpaired) electrons. The van der Waals surface area contributed by atoms with Crippen molar-refractivity contribution in [3.63, 3.8) is 0 Å². The Morgan fingerprint density at radius 1 is 1.15 bits per heavy atom. The van der Waals surface area contributed by atoms with Crippen LogP contribution < -0.4 is 5.73 Å². The topological polar surface area (TPSA) is 29.3 Å². The molecule has 2 N–H and O–H groups in total. The normalized spacial score (nSPS) is 13.4. The maximum Gasteiger partial charge on any atom is 0.0226 e. The highest BCUT2D eigenvalue weighted by Crippen LogP contribution is 2.08. The van der Waals surface area contributed by atoms with Gasteiger partial charge in [0.25, 0.3) is 0 Å². The van der Waals surface area contributed by atoms with Crippen LogP contribution in [0.15, 0.2) is 0 Å². The van der Waals surface area contributed by atoms with Crippen molar-refractivity contribution in [2.75, 3.05) is 13.1 Å². The second kappa shape index (κ2) is 4.97. The van der Waals surface area contributed by atoms with Crippen molar-refractivity contribution in [1.82, 2.24) is 4.90 Å². The van der Waals surface area contributed by atoms with Gasteiger partial charge in [-0.2, -0.15) is 0 Å². The molecule has 0 spiro atoms. The van der Waals surface area contributed by atoms with E-state index in [9.17, 15) is 0 Å². The maximum atomic E-state index is 6.01. The van der Waals surface area contributed by atoms with Crippen LogP contribution in [0, 0.1) is 5.92 Å². The Kier molecular flexibility index (Phi) is 4.93. The van der Waals surface area contributed by atoms with Crippen molar-refractivity contribution in [3.05, 3.63) is 0 Å². The molecule has 0 atom stereocenters. The predicted molar refractivity (Wildman–Crippen MR) is 59.8 cm³/mol. The molecule has 0 heterocycles. The molecule has 0 fully saturated rings. The minimum Gasteiger partial charge on any atom is -0.324 e. The van der Waals surface area contributed by atoms with Crippen molar-refractivity contribution in [1.29, 1.82) is 0 Å². The minimum absolute atomic E-state index is 0.0842. The summed E-state index contributed by atoms with van der Waals surface area (Å²) in [5, 5.41) is 0. The average Bonchev–Trinajstić information content (AvgIpc) is 1.81. The Hall–Kier alpha value is -0.0800. The molecule has 0 aromatic rings.